The lowest BCUT2D eigenvalue weighted by Gasteiger charge is -2.18. The molecule has 0 aliphatic heterocycles. The van der Waals surface area contributed by atoms with Crippen molar-refractivity contribution in [3.8, 4) is 0 Å². The van der Waals surface area contributed by atoms with Crippen LogP contribution in [0.4, 0.5) is 18.9 Å². The van der Waals surface area contributed by atoms with E-state index in [-0.39, 0.29) is 11.3 Å². The van der Waals surface area contributed by atoms with Crippen molar-refractivity contribution >= 4 is 21.6 Å². The SMILES string of the molecule is CCN(CC)S(=O)(=O)c1ccc(NC(=O)Cc2ccc(C(F)(F)F)cc2)cc1. The van der Waals surface area contributed by atoms with Gasteiger partial charge >= 0.3 is 6.18 Å². The minimum Gasteiger partial charge on any atom is -0.326 e. The summed E-state index contributed by atoms with van der Waals surface area (Å²) in [5, 5.41) is 2.60. The molecule has 1 N–H and O–H groups in total. The maximum Gasteiger partial charge on any atom is 0.416 e. The van der Waals surface area contributed by atoms with E-state index in [0.717, 1.165) is 12.1 Å². The Hall–Kier alpha value is -2.39. The number of halogens is 3. The molecule has 1 amide bonds. The Kier molecular flexibility index (Phi) is 6.84. The fourth-order valence-corrected chi connectivity index (χ4v) is 4.08. The quantitative estimate of drug-likeness (QED) is 0.747. The van der Waals surface area contributed by atoms with Gasteiger partial charge in [0.1, 0.15) is 0 Å². The van der Waals surface area contributed by atoms with Crippen molar-refractivity contribution in [3.63, 3.8) is 0 Å². The first-order valence-electron chi connectivity index (χ1n) is 8.64. The first-order valence-corrected chi connectivity index (χ1v) is 10.1. The second-order valence-electron chi connectivity index (χ2n) is 6.03. The highest BCUT2D eigenvalue weighted by atomic mass is 32.2. The van der Waals surface area contributed by atoms with Crippen LogP contribution in [0.1, 0.15) is 25.0 Å². The van der Waals surface area contributed by atoms with Crippen LogP contribution in [0.25, 0.3) is 0 Å². The topological polar surface area (TPSA) is 66.5 Å². The molecule has 0 heterocycles. The van der Waals surface area contributed by atoms with E-state index in [0.29, 0.717) is 24.3 Å². The summed E-state index contributed by atoms with van der Waals surface area (Å²) < 4.78 is 63.8. The highest BCUT2D eigenvalue weighted by Gasteiger charge is 2.30. The Labute approximate surface area is 162 Å². The molecule has 0 unspecified atom stereocenters. The summed E-state index contributed by atoms with van der Waals surface area (Å²) in [6, 6.07) is 10.1. The number of nitrogens with zero attached hydrogens (tertiary/aromatic N) is 1. The molecule has 0 fully saturated rings. The summed E-state index contributed by atoms with van der Waals surface area (Å²) in [6.45, 7) is 4.20. The standard InChI is InChI=1S/C19H21F3N2O3S/c1-3-24(4-2)28(26,27)17-11-9-16(10-12-17)23-18(25)13-14-5-7-15(8-6-14)19(20,21)22/h5-12H,3-4,13H2,1-2H3,(H,23,25). The number of alkyl halides is 3. The number of sulfonamides is 1. The Morgan fingerprint density at radius 3 is 1.96 bits per heavy atom. The van der Waals surface area contributed by atoms with Crippen LogP contribution in [0, 0.1) is 0 Å². The van der Waals surface area contributed by atoms with Gasteiger partial charge in [-0.2, -0.15) is 17.5 Å². The number of amides is 1. The van der Waals surface area contributed by atoms with Gasteiger partial charge in [-0.25, -0.2) is 8.42 Å². The molecule has 2 rings (SSSR count). The zero-order valence-electron chi connectivity index (χ0n) is 15.5. The van der Waals surface area contributed by atoms with E-state index in [9.17, 15) is 26.4 Å². The summed E-state index contributed by atoms with van der Waals surface area (Å²) in [4.78, 5) is 12.2. The fraction of sp³-hybridized carbons (Fsp3) is 0.316. The molecule has 2 aromatic carbocycles. The number of carbonyl (C=O) groups excluding carboxylic acids is 1. The van der Waals surface area contributed by atoms with Gasteiger partial charge in [-0.15, -0.1) is 0 Å². The molecule has 0 saturated carbocycles. The normalized spacial score (nSPS) is 12.2. The Balaban J connectivity index is 2.03. The summed E-state index contributed by atoms with van der Waals surface area (Å²) in [7, 11) is -3.58. The minimum absolute atomic E-state index is 0.0996. The van der Waals surface area contributed by atoms with Crippen molar-refractivity contribution in [2.75, 3.05) is 18.4 Å². The second kappa shape index (κ2) is 8.74. The van der Waals surface area contributed by atoms with Crippen LogP contribution < -0.4 is 5.32 Å². The number of anilines is 1. The third kappa shape index (κ3) is 5.32. The summed E-state index contributed by atoms with van der Waals surface area (Å²) in [5.74, 6) is -0.417. The van der Waals surface area contributed by atoms with Gasteiger partial charge in [0.05, 0.1) is 16.9 Å². The summed E-state index contributed by atoms with van der Waals surface area (Å²) >= 11 is 0. The van der Waals surface area contributed by atoms with Crippen molar-refractivity contribution < 1.29 is 26.4 Å². The molecule has 28 heavy (non-hydrogen) atoms. The molecule has 0 atom stereocenters. The van der Waals surface area contributed by atoms with E-state index in [4.69, 9.17) is 0 Å². The van der Waals surface area contributed by atoms with E-state index in [2.05, 4.69) is 5.32 Å². The van der Waals surface area contributed by atoms with Crippen LogP contribution in [-0.2, 0) is 27.4 Å². The highest BCUT2D eigenvalue weighted by Crippen LogP contribution is 2.29. The molecule has 0 spiro atoms. The molecule has 9 heteroatoms. The summed E-state index contributed by atoms with van der Waals surface area (Å²) in [5.41, 5.74) is 0.0586. The lowest BCUT2D eigenvalue weighted by Crippen LogP contribution is -2.30. The predicted octanol–water partition coefficient (Wildman–Crippen LogP) is 3.92. The van der Waals surface area contributed by atoms with Crippen molar-refractivity contribution in [1.82, 2.24) is 4.31 Å². The van der Waals surface area contributed by atoms with Gasteiger partial charge in [-0.05, 0) is 42.0 Å². The fourth-order valence-electron chi connectivity index (χ4n) is 2.62. The first-order chi connectivity index (χ1) is 13.1. The Morgan fingerprint density at radius 1 is 0.964 bits per heavy atom. The number of carbonyl (C=O) groups is 1. The number of benzene rings is 2. The lowest BCUT2D eigenvalue weighted by atomic mass is 10.1. The maximum atomic E-state index is 12.6. The maximum absolute atomic E-state index is 12.6. The molecule has 0 bridgehead atoms. The van der Waals surface area contributed by atoms with Crippen LogP contribution in [0.3, 0.4) is 0 Å². The van der Waals surface area contributed by atoms with Crippen molar-refractivity contribution in [2.24, 2.45) is 0 Å². The minimum atomic E-state index is -4.42. The molecule has 0 saturated heterocycles. The zero-order valence-corrected chi connectivity index (χ0v) is 16.3. The molecular weight excluding hydrogens is 393 g/mol. The van der Waals surface area contributed by atoms with Crippen LogP contribution in [0.2, 0.25) is 0 Å². The number of nitrogens with one attached hydrogen (secondary N) is 1. The molecule has 2 aromatic rings. The Bertz CT molecular complexity index is 905. The van der Waals surface area contributed by atoms with Crippen LogP contribution in [0.15, 0.2) is 53.4 Å². The van der Waals surface area contributed by atoms with Gasteiger partial charge in [-0.3, -0.25) is 4.79 Å². The van der Waals surface area contributed by atoms with Gasteiger partial charge in [0.2, 0.25) is 15.9 Å². The largest absolute Gasteiger partial charge is 0.416 e. The van der Waals surface area contributed by atoms with Crippen LogP contribution >= 0.6 is 0 Å². The van der Waals surface area contributed by atoms with Gasteiger partial charge in [0.25, 0.3) is 0 Å². The predicted molar refractivity (Wildman–Crippen MR) is 100 cm³/mol. The van der Waals surface area contributed by atoms with E-state index in [1.165, 1.54) is 40.7 Å². The first kappa shape index (κ1) is 21.9. The van der Waals surface area contributed by atoms with Crippen molar-refractivity contribution in [2.45, 2.75) is 31.3 Å². The lowest BCUT2D eigenvalue weighted by molar-refractivity contribution is -0.137. The molecule has 0 aliphatic carbocycles. The molecule has 0 radical (unpaired) electrons. The van der Waals surface area contributed by atoms with Gasteiger partial charge < -0.3 is 5.32 Å². The van der Waals surface area contributed by atoms with E-state index in [1.54, 1.807) is 13.8 Å². The number of hydrogen-bond acceptors (Lipinski definition) is 3. The molecular formula is C19H21F3N2O3S. The van der Waals surface area contributed by atoms with Crippen molar-refractivity contribution in [1.29, 1.82) is 0 Å². The summed E-state index contributed by atoms with van der Waals surface area (Å²) in [6.07, 6.45) is -4.52. The van der Waals surface area contributed by atoms with E-state index < -0.39 is 27.7 Å². The third-order valence-electron chi connectivity index (χ3n) is 4.13. The van der Waals surface area contributed by atoms with Gasteiger partial charge in [0, 0.05) is 18.8 Å². The average molecular weight is 414 g/mol. The van der Waals surface area contributed by atoms with Crippen LogP contribution in [-0.4, -0.2) is 31.7 Å². The average Bonchev–Trinajstić information content (AvgIpc) is 2.62. The highest BCUT2D eigenvalue weighted by molar-refractivity contribution is 7.89. The van der Waals surface area contributed by atoms with E-state index >= 15 is 0 Å². The van der Waals surface area contributed by atoms with Crippen molar-refractivity contribution in [3.05, 3.63) is 59.7 Å². The van der Waals surface area contributed by atoms with Gasteiger partial charge in [0.15, 0.2) is 0 Å². The second-order valence-corrected chi connectivity index (χ2v) is 7.97. The monoisotopic (exact) mass is 414 g/mol. The van der Waals surface area contributed by atoms with Crippen LogP contribution in [0.5, 0.6) is 0 Å². The molecule has 5 nitrogen and oxygen atoms in total. The Morgan fingerprint density at radius 2 is 1.50 bits per heavy atom. The molecule has 0 aromatic heterocycles. The third-order valence-corrected chi connectivity index (χ3v) is 6.19. The molecule has 0 aliphatic rings. The van der Waals surface area contributed by atoms with E-state index in [1.807, 2.05) is 0 Å². The van der Waals surface area contributed by atoms with Gasteiger partial charge in [-0.1, -0.05) is 26.0 Å². The molecule has 152 valence electrons. The smallest absolute Gasteiger partial charge is 0.326 e. The number of rotatable bonds is 7. The zero-order chi connectivity index (χ0) is 20.9. The number of hydrogen-bond donors (Lipinski definition) is 1.